The molecule has 2 heterocycles. The lowest BCUT2D eigenvalue weighted by Gasteiger charge is -2.15. The Morgan fingerprint density at radius 3 is 2.49 bits per heavy atom. The third-order valence-electron chi connectivity index (χ3n) is 6.31. The van der Waals surface area contributed by atoms with E-state index in [9.17, 15) is 26.7 Å². The molecule has 1 N–H and O–H groups in total. The molecule has 0 atom stereocenters. The quantitative estimate of drug-likeness (QED) is 0.213. The molecular weight excluding hydrogens is 539 g/mol. The highest BCUT2D eigenvalue weighted by Crippen LogP contribution is 2.39. The number of alkyl halides is 3. The van der Waals surface area contributed by atoms with Crippen molar-refractivity contribution in [3.05, 3.63) is 111 Å². The van der Waals surface area contributed by atoms with Gasteiger partial charge in [0, 0.05) is 29.4 Å². The van der Waals surface area contributed by atoms with Crippen LogP contribution in [0.4, 0.5) is 27.6 Å². The fourth-order valence-corrected chi connectivity index (χ4v) is 4.73. The average molecular weight is 559 g/mol. The van der Waals surface area contributed by atoms with E-state index in [1.165, 1.54) is 35.1 Å². The Morgan fingerprint density at radius 2 is 1.77 bits per heavy atom. The summed E-state index contributed by atoms with van der Waals surface area (Å²) in [5.41, 5.74) is -0.522. The fraction of sp³-hybridized carbons (Fsp3) is 0.138. The van der Waals surface area contributed by atoms with Crippen LogP contribution in [0.2, 0.25) is 5.02 Å². The summed E-state index contributed by atoms with van der Waals surface area (Å²) in [4.78, 5) is 13.6. The van der Waals surface area contributed by atoms with Gasteiger partial charge in [-0.15, -0.1) is 0 Å². The van der Waals surface area contributed by atoms with Gasteiger partial charge in [0.05, 0.1) is 34.5 Å². The number of halogens is 6. The summed E-state index contributed by atoms with van der Waals surface area (Å²) < 4.78 is 76.1. The van der Waals surface area contributed by atoms with Crippen molar-refractivity contribution in [1.29, 1.82) is 0 Å². The fourth-order valence-electron chi connectivity index (χ4n) is 4.46. The number of pyridine rings is 1. The van der Waals surface area contributed by atoms with Crippen molar-refractivity contribution in [2.45, 2.75) is 19.6 Å². The number of fused-ring (bicyclic) bond motifs is 1. The maximum atomic E-state index is 14.5. The monoisotopic (exact) mass is 558 g/mol. The van der Waals surface area contributed by atoms with Crippen molar-refractivity contribution >= 4 is 28.1 Å². The smallest absolute Gasteiger partial charge is 0.418 e. The van der Waals surface area contributed by atoms with Crippen LogP contribution in [0.5, 0.6) is 0 Å². The Morgan fingerprint density at radius 1 is 0.974 bits per heavy atom. The summed E-state index contributed by atoms with van der Waals surface area (Å²) in [5.74, 6) is -1.44. The number of benzene rings is 3. The molecule has 0 aliphatic carbocycles. The van der Waals surface area contributed by atoms with Crippen LogP contribution in [0.1, 0.15) is 18.1 Å². The van der Waals surface area contributed by atoms with Gasteiger partial charge in [-0.05, 0) is 54.3 Å². The standard InChI is InChI=1S/C29H20ClF5N2O2/c1-2-36-24-9-7-16(10-21(24)29(33,34)35)19-12-26(39-15-19)25-11-17-4-3-5-22(30)27(17)28(38)37(25)14-18-6-8-20(31)13-23(18)32/h3-13,15,36H,2,14H2,1H3. The molecule has 0 saturated carbocycles. The molecule has 4 nitrogen and oxygen atoms in total. The van der Waals surface area contributed by atoms with E-state index in [1.54, 1.807) is 31.2 Å². The number of hydrogen-bond acceptors (Lipinski definition) is 3. The minimum atomic E-state index is -4.59. The van der Waals surface area contributed by atoms with Gasteiger partial charge in [-0.3, -0.25) is 4.79 Å². The van der Waals surface area contributed by atoms with Crippen molar-refractivity contribution in [3.8, 4) is 22.6 Å². The molecule has 200 valence electrons. The SMILES string of the molecule is CCNc1ccc(-c2coc(-c3cc4cccc(Cl)c4c(=O)n3Cc3ccc(F)cc3F)c2)cc1C(F)(F)F. The lowest BCUT2D eigenvalue weighted by atomic mass is 10.0. The van der Waals surface area contributed by atoms with Gasteiger partial charge in [-0.1, -0.05) is 35.9 Å². The molecule has 3 aromatic carbocycles. The predicted octanol–water partition coefficient (Wildman–Crippen LogP) is 8.36. The second-order valence-electron chi connectivity index (χ2n) is 8.85. The first kappa shape index (κ1) is 26.5. The maximum Gasteiger partial charge on any atom is 0.418 e. The number of hydrogen-bond donors (Lipinski definition) is 1. The molecule has 10 heteroatoms. The third-order valence-corrected chi connectivity index (χ3v) is 6.62. The number of nitrogens with zero attached hydrogens (tertiary/aromatic N) is 1. The van der Waals surface area contributed by atoms with Gasteiger partial charge >= 0.3 is 6.18 Å². The van der Waals surface area contributed by atoms with Crippen LogP contribution in [0.3, 0.4) is 0 Å². The molecule has 0 fully saturated rings. The molecule has 0 aliphatic heterocycles. The van der Waals surface area contributed by atoms with Crippen LogP contribution < -0.4 is 10.9 Å². The van der Waals surface area contributed by atoms with E-state index >= 15 is 0 Å². The molecule has 39 heavy (non-hydrogen) atoms. The van der Waals surface area contributed by atoms with E-state index in [0.29, 0.717) is 23.6 Å². The highest BCUT2D eigenvalue weighted by Gasteiger charge is 2.34. The van der Waals surface area contributed by atoms with Gasteiger partial charge in [-0.25, -0.2) is 8.78 Å². The van der Waals surface area contributed by atoms with Crippen molar-refractivity contribution < 1.29 is 26.4 Å². The first-order chi connectivity index (χ1) is 18.6. The van der Waals surface area contributed by atoms with Crippen LogP contribution in [0, 0.1) is 11.6 Å². The largest absolute Gasteiger partial charge is 0.462 e. The normalized spacial score (nSPS) is 11.8. The maximum absolute atomic E-state index is 14.5. The summed E-state index contributed by atoms with van der Waals surface area (Å²) in [7, 11) is 0. The summed E-state index contributed by atoms with van der Waals surface area (Å²) in [6.07, 6.45) is -3.30. The van der Waals surface area contributed by atoms with E-state index in [4.69, 9.17) is 16.0 Å². The summed E-state index contributed by atoms with van der Waals surface area (Å²) in [6, 6.07) is 14.9. The summed E-state index contributed by atoms with van der Waals surface area (Å²) in [6.45, 7) is 1.74. The van der Waals surface area contributed by atoms with E-state index in [0.717, 1.165) is 12.1 Å². The Kier molecular flexibility index (Phi) is 6.94. The van der Waals surface area contributed by atoms with Crippen LogP contribution in [-0.4, -0.2) is 11.1 Å². The van der Waals surface area contributed by atoms with Gasteiger partial charge in [0.25, 0.3) is 5.56 Å². The molecule has 0 aliphatic rings. The number of aromatic nitrogens is 1. The highest BCUT2D eigenvalue weighted by atomic mass is 35.5. The number of nitrogens with one attached hydrogen (secondary N) is 1. The summed E-state index contributed by atoms with van der Waals surface area (Å²) in [5, 5.41) is 3.60. The first-order valence-electron chi connectivity index (χ1n) is 11.9. The van der Waals surface area contributed by atoms with E-state index < -0.39 is 28.9 Å². The number of furan rings is 1. The zero-order chi connectivity index (χ0) is 27.9. The van der Waals surface area contributed by atoms with Crippen LogP contribution in [0.15, 0.2) is 82.2 Å². The number of rotatable bonds is 6. The van der Waals surface area contributed by atoms with Crippen molar-refractivity contribution in [3.63, 3.8) is 0 Å². The molecule has 0 saturated heterocycles. The first-order valence-corrected chi connectivity index (χ1v) is 12.2. The van der Waals surface area contributed by atoms with Gasteiger partial charge < -0.3 is 14.3 Å². The number of anilines is 1. The van der Waals surface area contributed by atoms with Crippen LogP contribution >= 0.6 is 11.6 Å². The van der Waals surface area contributed by atoms with Gasteiger partial charge in [0.2, 0.25) is 0 Å². The van der Waals surface area contributed by atoms with E-state index in [2.05, 4.69) is 5.32 Å². The Bertz CT molecular complexity index is 1760. The molecule has 0 amide bonds. The Labute approximate surface area is 224 Å². The zero-order valence-electron chi connectivity index (χ0n) is 20.4. The minimum Gasteiger partial charge on any atom is -0.462 e. The third kappa shape index (κ3) is 5.14. The molecule has 5 aromatic rings. The van der Waals surface area contributed by atoms with Crippen molar-refractivity contribution in [2.75, 3.05) is 11.9 Å². The van der Waals surface area contributed by atoms with E-state index in [1.807, 2.05) is 0 Å². The minimum absolute atomic E-state index is 0.0426. The molecule has 0 unspecified atom stereocenters. The second-order valence-corrected chi connectivity index (χ2v) is 9.26. The van der Waals surface area contributed by atoms with E-state index in [-0.39, 0.29) is 45.2 Å². The second kappa shape index (κ2) is 10.2. The lowest BCUT2D eigenvalue weighted by Crippen LogP contribution is -2.23. The molecular formula is C29H20ClF5N2O2. The average Bonchev–Trinajstić information content (AvgIpc) is 3.37. The van der Waals surface area contributed by atoms with Crippen LogP contribution in [-0.2, 0) is 12.7 Å². The van der Waals surface area contributed by atoms with Crippen LogP contribution in [0.25, 0.3) is 33.4 Å². The molecule has 5 rings (SSSR count). The summed E-state index contributed by atoms with van der Waals surface area (Å²) >= 11 is 6.30. The van der Waals surface area contributed by atoms with Gasteiger partial charge in [0.15, 0.2) is 5.76 Å². The topological polar surface area (TPSA) is 47.2 Å². The zero-order valence-corrected chi connectivity index (χ0v) is 21.1. The van der Waals surface area contributed by atoms with Crippen molar-refractivity contribution in [2.24, 2.45) is 0 Å². The molecule has 0 bridgehead atoms. The highest BCUT2D eigenvalue weighted by molar-refractivity contribution is 6.35. The lowest BCUT2D eigenvalue weighted by molar-refractivity contribution is -0.136. The van der Waals surface area contributed by atoms with Gasteiger partial charge in [0.1, 0.15) is 11.6 Å². The molecule has 2 aromatic heterocycles. The van der Waals surface area contributed by atoms with Crippen molar-refractivity contribution in [1.82, 2.24) is 4.57 Å². The Balaban J connectivity index is 1.66. The predicted molar refractivity (Wildman–Crippen MR) is 141 cm³/mol. The van der Waals surface area contributed by atoms with Gasteiger partial charge in [-0.2, -0.15) is 13.2 Å². The molecule has 0 radical (unpaired) electrons. The Hall–Kier alpha value is -4.11. The molecule has 0 spiro atoms.